The largest absolute Gasteiger partial charge is 0.469 e. The van der Waals surface area contributed by atoms with Crippen LogP contribution < -0.4 is 11.3 Å². The quantitative estimate of drug-likeness (QED) is 0.302. The Bertz CT molecular complexity index is 857. The lowest BCUT2D eigenvalue weighted by molar-refractivity contribution is -0.139. The summed E-state index contributed by atoms with van der Waals surface area (Å²) >= 11 is 0. The summed E-state index contributed by atoms with van der Waals surface area (Å²) < 4.78 is 20.9. The van der Waals surface area contributed by atoms with E-state index in [4.69, 9.17) is 20.3 Å². The molecule has 2 rings (SSSR count). The molecule has 0 saturated heterocycles. The molecule has 0 fully saturated rings. The van der Waals surface area contributed by atoms with Gasteiger partial charge in [-0.1, -0.05) is 0 Å². The summed E-state index contributed by atoms with van der Waals surface area (Å²) in [6, 6.07) is 0. The highest BCUT2D eigenvalue weighted by Crippen LogP contribution is 2.35. The average molecular weight is 361 g/mol. The van der Waals surface area contributed by atoms with Crippen molar-refractivity contribution in [1.29, 1.82) is 0 Å². The highest BCUT2D eigenvalue weighted by molar-refractivity contribution is 7.46. The highest BCUT2D eigenvalue weighted by Gasteiger charge is 2.24. The first-order valence-corrected chi connectivity index (χ1v) is 7.76. The molecule has 0 bridgehead atoms. The number of phosphoric ester groups is 1. The molecule has 2 aromatic rings. The van der Waals surface area contributed by atoms with Gasteiger partial charge in [0.25, 0.3) is 5.56 Å². The van der Waals surface area contributed by atoms with Crippen molar-refractivity contribution in [3.05, 3.63) is 16.7 Å². The maximum Gasteiger partial charge on any atom is 0.469 e. The summed E-state index contributed by atoms with van der Waals surface area (Å²) in [5.74, 6) is -0.226. The third kappa shape index (κ3) is 4.10. The summed E-state index contributed by atoms with van der Waals surface area (Å²) in [6.07, 6.45) is -1.39. The molecular formula is C10H12N5O8P. The summed E-state index contributed by atoms with van der Waals surface area (Å²) in [4.78, 5) is 60.9. The number of aromatic amines is 1. The third-order valence-corrected chi connectivity index (χ3v) is 3.20. The van der Waals surface area contributed by atoms with Gasteiger partial charge in [-0.05, 0) is 0 Å². The number of rotatable bonds is 8. The molecule has 0 amide bonds. The molecule has 24 heavy (non-hydrogen) atoms. The van der Waals surface area contributed by atoms with Crippen LogP contribution in [-0.4, -0.2) is 54.6 Å². The van der Waals surface area contributed by atoms with E-state index < -0.39 is 32.3 Å². The number of hydrogen-bond acceptors (Lipinski definition) is 9. The van der Waals surface area contributed by atoms with Crippen LogP contribution in [0.5, 0.6) is 0 Å². The SMILES string of the molecule is Nc1nc2c(ncn2C(C=O)O[C@@H](C=O)COP(=O)(O)O)c(=O)[nH]1. The van der Waals surface area contributed by atoms with Crippen molar-refractivity contribution in [1.82, 2.24) is 19.5 Å². The van der Waals surface area contributed by atoms with Gasteiger partial charge in [-0.25, -0.2) is 9.55 Å². The van der Waals surface area contributed by atoms with E-state index in [1.165, 1.54) is 0 Å². The zero-order valence-corrected chi connectivity index (χ0v) is 12.7. The van der Waals surface area contributed by atoms with E-state index in [1.807, 2.05) is 0 Å². The summed E-state index contributed by atoms with van der Waals surface area (Å²) in [5, 5.41) is 0. The van der Waals surface area contributed by atoms with Crippen LogP contribution in [0.2, 0.25) is 0 Å². The van der Waals surface area contributed by atoms with Gasteiger partial charge < -0.3 is 25.1 Å². The van der Waals surface area contributed by atoms with Crippen LogP contribution in [0, 0.1) is 0 Å². The molecule has 0 aliphatic rings. The maximum absolute atomic E-state index is 11.7. The molecule has 1 unspecified atom stereocenters. The second kappa shape index (κ2) is 6.98. The molecule has 0 aliphatic heterocycles. The normalized spacial score (nSPS) is 14.4. The van der Waals surface area contributed by atoms with Gasteiger partial charge in [0.2, 0.25) is 5.95 Å². The number of nitrogen functional groups attached to an aromatic ring is 1. The number of H-pyrrole nitrogens is 1. The molecule has 0 radical (unpaired) electrons. The Morgan fingerprint density at radius 3 is 2.71 bits per heavy atom. The number of imidazole rings is 1. The predicted molar refractivity (Wildman–Crippen MR) is 76.6 cm³/mol. The van der Waals surface area contributed by atoms with Gasteiger partial charge in [0.05, 0.1) is 12.9 Å². The van der Waals surface area contributed by atoms with Gasteiger partial charge in [-0.15, -0.1) is 0 Å². The van der Waals surface area contributed by atoms with Gasteiger partial charge in [-0.3, -0.25) is 23.7 Å². The fraction of sp³-hybridized carbons (Fsp3) is 0.300. The van der Waals surface area contributed by atoms with Gasteiger partial charge in [-0.2, -0.15) is 4.98 Å². The van der Waals surface area contributed by atoms with Crippen molar-refractivity contribution in [2.75, 3.05) is 12.3 Å². The Labute approximate surface area is 132 Å². The number of ether oxygens (including phenoxy) is 1. The Hall–Kier alpha value is -2.44. The Morgan fingerprint density at radius 1 is 1.42 bits per heavy atom. The number of nitrogens with zero attached hydrogens (tertiary/aromatic N) is 3. The minimum atomic E-state index is -4.82. The van der Waals surface area contributed by atoms with Gasteiger partial charge in [0.15, 0.2) is 30.0 Å². The number of aldehydes is 2. The molecule has 5 N–H and O–H groups in total. The Balaban J connectivity index is 2.28. The molecule has 2 heterocycles. The van der Waals surface area contributed by atoms with Crippen LogP contribution in [0.4, 0.5) is 5.95 Å². The number of hydrogen-bond donors (Lipinski definition) is 4. The van der Waals surface area contributed by atoms with E-state index in [0.717, 1.165) is 10.9 Å². The smallest absolute Gasteiger partial charge is 0.369 e. The fourth-order valence-electron chi connectivity index (χ4n) is 1.75. The minimum absolute atomic E-state index is 0.0751. The van der Waals surface area contributed by atoms with Crippen molar-refractivity contribution < 1.29 is 33.2 Å². The van der Waals surface area contributed by atoms with Crippen molar-refractivity contribution in [2.24, 2.45) is 0 Å². The fourth-order valence-corrected chi connectivity index (χ4v) is 2.09. The number of anilines is 1. The second-order valence-electron chi connectivity index (χ2n) is 4.40. The van der Waals surface area contributed by atoms with E-state index in [9.17, 15) is 18.9 Å². The number of nitrogens with two attached hydrogens (primary N) is 1. The van der Waals surface area contributed by atoms with Crippen LogP contribution in [0.25, 0.3) is 11.2 Å². The standard InChI is InChI=1S/C10H12N5O8P/c11-10-13-8-7(9(18)14-10)12-4-15(8)6(2-17)23-5(1-16)3-22-24(19,20)21/h1-2,4-6H,3H2,(H2,19,20,21)(H3,11,13,14,18)/t5-,6?/m0/s1. The van der Waals surface area contributed by atoms with Gasteiger partial charge in [0, 0.05) is 0 Å². The summed E-state index contributed by atoms with van der Waals surface area (Å²) in [5.41, 5.74) is 4.58. The first-order chi connectivity index (χ1) is 11.2. The van der Waals surface area contributed by atoms with E-state index in [2.05, 4.69) is 19.5 Å². The maximum atomic E-state index is 11.7. The number of phosphoric acid groups is 1. The van der Waals surface area contributed by atoms with Crippen LogP contribution >= 0.6 is 7.82 Å². The summed E-state index contributed by atoms with van der Waals surface area (Å²) in [6.45, 7) is -0.791. The molecule has 0 saturated carbocycles. The van der Waals surface area contributed by atoms with E-state index in [1.54, 1.807) is 0 Å². The van der Waals surface area contributed by atoms with Crippen LogP contribution in [0.1, 0.15) is 6.23 Å². The van der Waals surface area contributed by atoms with Crippen LogP contribution in [-0.2, 0) is 23.4 Å². The minimum Gasteiger partial charge on any atom is -0.369 e. The number of fused-ring (bicyclic) bond motifs is 1. The molecule has 0 spiro atoms. The predicted octanol–water partition coefficient (Wildman–Crippen LogP) is -1.91. The molecule has 2 aromatic heterocycles. The number of nitrogens with one attached hydrogen (secondary N) is 1. The third-order valence-electron chi connectivity index (χ3n) is 2.71. The van der Waals surface area contributed by atoms with Crippen molar-refractivity contribution in [3.63, 3.8) is 0 Å². The molecule has 14 heteroatoms. The molecule has 0 aromatic carbocycles. The van der Waals surface area contributed by atoms with Crippen molar-refractivity contribution in [2.45, 2.75) is 12.3 Å². The molecular weight excluding hydrogens is 349 g/mol. The second-order valence-corrected chi connectivity index (χ2v) is 5.64. The lowest BCUT2D eigenvalue weighted by Crippen LogP contribution is -2.27. The van der Waals surface area contributed by atoms with Crippen LogP contribution in [0.15, 0.2) is 11.1 Å². The molecule has 0 aliphatic carbocycles. The number of aromatic nitrogens is 4. The average Bonchev–Trinajstić information content (AvgIpc) is 2.90. The Morgan fingerprint density at radius 2 is 2.12 bits per heavy atom. The van der Waals surface area contributed by atoms with Crippen molar-refractivity contribution >= 4 is 37.5 Å². The topological polar surface area (TPSA) is 200 Å². The monoisotopic (exact) mass is 361 g/mol. The lowest BCUT2D eigenvalue weighted by Gasteiger charge is -2.18. The first-order valence-electron chi connectivity index (χ1n) is 6.23. The Kier molecular flexibility index (Phi) is 5.21. The van der Waals surface area contributed by atoms with Crippen molar-refractivity contribution in [3.8, 4) is 0 Å². The van der Waals surface area contributed by atoms with E-state index >= 15 is 0 Å². The number of carbonyl (C=O) groups excluding carboxylic acids is 2. The zero-order chi connectivity index (χ0) is 17.9. The molecule has 130 valence electrons. The highest BCUT2D eigenvalue weighted by atomic mass is 31.2. The van der Waals surface area contributed by atoms with Gasteiger partial charge in [0.1, 0.15) is 6.10 Å². The zero-order valence-electron chi connectivity index (χ0n) is 11.8. The van der Waals surface area contributed by atoms with E-state index in [0.29, 0.717) is 0 Å². The summed E-state index contributed by atoms with van der Waals surface area (Å²) in [7, 11) is -4.82. The molecule has 2 atom stereocenters. The lowest BCUT2D eigenvalue weighted by atomic mass is 10.4. The van der Waals surface area contributed by atoms with Gasteiger partial charge >= 0.3 is 7.82 Å². The van der Waals surface area contributed by atoms with E-state index in [-0.39, 0.29) is 29.7 Å². The van der Waals surface area contributed by atoms with Crippen LogP contribution in [0.3, 0.4) is 0 Å². The number of carbonyl (C=O) groups is 2. The first kappa shape index (κ1) is 17.9. The molecule has 13 nitrogen and oxygen atoms in total.